The number of hydrogen-bond acceptors (Lipinski definition) is 2. The number of hydrogen-bond donors (Lipinski definition) is 0. The van der Waals surface area contributed by atoms with Crippen LogP contribution in [0.1, 0.15) is 9.67 Å². The predicted octanol–water partition coefficient (Wildman–Crippen LogP) is 2.33. The second-order valence-corrected chi connectivity index (χ2v) is 3.43. The van der Waals surface area contributed by atoms with Gasteiger partial charge in [0.25, 0.3) is 0 Å². The molecule has 0 bridgehead atoms. The Morgan fingerprint density at radius 1 is 1.80 bits per heavy atom. The quantitative estimate of drug-likeness (QED) is 0.399. The summed E-state index contributed by atoms with van der Waals surface area (Å²) in [6.07, 6.45) is 4.91. The van der Waals surface area contributed by atoms with Gasteiger partial charge in [-0.25, -0.2) is 0 Å². The minimum absolute atomic E-state index is 0.254. The van der Waals surface area contributed by atoms with Crippen LogP contribution in [0.25, 0.3) is 0 Å². The summed E-state index contributed by atoms with van der Waals surface area (Å²) in [4.78, 5) is 11.4. The number of rotatable bonds is 1. The van der Waals surface area contributed by atoms with Crippen molar-refractivity contribution in [3.05, 3.63) is 20.8 Å². The van der Waals surface area contributed by atoms with Crippen molar-refractivity contribution in [3.8, 4) is 12.3 Å². The van der Waals surface area contributed by atoms with Crippen molar-refractivity contribution in [2.45, 2.75) is 0 Å². The largest absolute Gasteiger partial charge is 0.278 e. The summed E-state index contributed by atoms with van der Waals surface area (Å²) < 4.78 is 0.899. The number of terminal acetylenes is 1. The first-order valence-electron chi connectivity index (χ1n) is 2.49. The molecule has 10 heavy (non-hydrogen) atoms. The molecule has 0 unspecified atom stereocenters. The van der Waals surface area contributed by atoms with E-state index in [-0.39, 0.29) is 5.78 Å². The van der Waals surface area contributed by atoms with Crippen LogP contribution in [0.4, 0.5) is 0 Å². The Bertz CT molecular complexity index is 295. The zero-order valence-electron chi connectivity index (χ0n) is 4.93. The summed E-state index contributed by atoms with van der Waals surface area (Å²) in [5.74, 6) is 1.79. The molecule has 1 aromatic rings. The second kappa shape index (κ2) is 3.00. The number of carbonyl (C=O) groups is 1. The van der Waals surface area contributed by atoms with Crippen LogP contribution >= 0.6 is 27.3 Å². The number of carbonyl (C=O) groups excluding carboxylic acids is 1. The van der Waals surface area contributed by atoms with E-state index in [0.717, 1.165) is 4.47 Å². The van der Waals surface area contributed by atoms with Gasteiger partial charge in [0.2, 0.25) is 5.78 Å². The Balaban J connectivity index is 2.98. The molecular formula is C7H3BrOS. The molecule has 0 aliphatic rings. The van der Waals surface area contributed by atoms with E-state index >= 15 is 0 Å². The maximum Gasteiger partial charge on any atom is 0.245 e. The van der Waals surface area contributed by atoms with E-state index in [1.54, 1.807) is 6.07 Å². The van der Waals surface area contributed by atoms with Gasteiger partial charge in [0, 0.05) is 9.85 Å². The van der Waals surface area contributed by atoms with Crippen molar-refractivity contribution in [2.75, 3.05) is 0 Å². The van der Waals surface area contributed by atoms with Crippen LogP contribution in [0.2, 0.25) is 0 Å². The van der Waals surface area contributed by atoms with Crippen LogP contribution in [-0.2, 0) is 0 Å². The Morgan fingerprint density at radius 2 is 2.50 bits per heavy atom. The van der Waals surface area contributed by atoms with Crippen molar-refractivity contribution in [2.24, 2.45) is 0 Å². The zero-order valence-corrected chi connectivity index (χ0v) is 7.33. The molecule has 0 atom stereocenters. The molecule has 3 heteroatoms. The van der Waals surface area contributed by atoms with Crippen molar-refractivity contribution in [1.82, 2.24) is 0 Å². The van der Waals surface area contributed by atoms with Crippen LogP contribution in [-0.4, -0.2) is 5.78 Å². The fourth-order valence-electron chi connectivity index (χ4n) is 0.503. The second-order valence-electron chi connectivity index (χ2n) is 1.60. The van der Waals surface area contributed by atoms with E-state index in [1.165, 1.54) is 11.3 Å². The normalized spacial score (nSPS) is 8.80. The molecule has 0 saturated heterocycles. The van der Waals surface area contributed by atoms with Crippen molar-refractivity contribution >= 4 is 33.0 Å². The van der Waals surface area contributed by atoms with Crippen LogP contribution in [0.3, 0.4) is 0 Å². The molecule has 0 spiro atoms. The third-order valence-corrected chi connectivity index (χ3v) is 2.61. The Morgan fingerprint density at radius 3 is 2.90 bits per heavy atom. The summed E-state index contributed by atoms with van der Waals surface area (Å²) in [6, 6.07) is 1.72. The predicted molar refractivity (Wildman–Crippen MR) is 45.2 cm³/mol. The van der Waals surface area contributed by atoms with Gasteiger partial charge in [0.15, 0.2) is 0 Å². The lowest BCUT2D eigenvalue weighted by molar-refractivity contribution is 0.106. The molecule has 0 radical (unpaired) electrons. The first kappa shape index (κ1) is 7.52. The molecule has 1 heterocycles. The lowest BCUT2D eigenvalue weighted by Gasteiger charge is -1.79. The fraction of sp³-hybridized carbons (Fsp3) is 0. The first-order valence-corrected chi connectivity index (χ1v) is 4.16. The highest BCUT2D eigenvalue weighted by Gasteiger charge is 2.03. The molecule has 0 aromatic carbocycles. The van der Waals surface area contributed by atoms with Crippen LogP contribution in [0.5, 0.6) is 0 Å². The molecule has 0 N–H and O–H groups in total. The molecule has 0 fully saturated rings. The number of ketones is 1. The number of Topliss-reactive ketones (excluding diaryl/α,β-unsaturated/α-hetero) is 1. The van der Waals surface area contributed by atoms with Gasteiger partial charge in [0.1, 0.15) is 0 Å². The lowest BCUT2D eigenvalue weighted by Crippen LogP contribution is -1.87. The van der Waals surface area contributed by atoms with E-state index in [1.807, 2.05) is 11.3 Å². The van der Waals surface area contributed by atoms with Gasteiger partial charge in [0.05, 0.1) is 4.88 Å². The smallest absolute Gasteiger partial charge is 0.245 e. The van der Waals surface area contributed by atoms with Gasteiger partial charge in [-0.15, -0.1) is 17.8 Å². The molecule has 0 amide bonds. The highest BCUT2D eigenvalue weighted by atomic mass is 79.9. The zero-order chi connectivity index (χ0) is 7.56. The van der Waals surface area contributed by atoms with Gasteiger partial charge in [-0.3, -0.25) is 4.79 Å². The van der Waals surface area contributed by atoms with Crippen molar-refractivity contribution in [3.63, 3.8) is 0 Å². The monoisotopic (exact) mass is 214 g/mol. The minimum atomic E-state index is -0.254. The van der Waals surface area contributed by atoms with E-state index in [2.05, 4.69) is 15.9 Å². The molecule has 50 valence electrons. The topological polar surface area (TPSA) is 17.1 Å². The summed E-state index contributed by atoms with van der Waals surface area (Å²) in [7, 11) is 0. The molecule has 1 nitrogen and oxygen atoms in total. The molecule has 0 aliphatic carbocycles. The van der Waals surface area contributed by atoms with E-state index in [0.29, 0.717) is 4.88 Å². The molecular weight excluding hydrogens is 212 g/mol. The maximum atomic E-state index is 10.8. The average Bonchev–Trinajstić information content (AvgIpc) is 2.34. The van der Waals surface area contributed by atoms with Crippen molar-refractivity contribution in [1.29, 1.82) is 0 Å². The van der Waals surface area contributed by atoms with E-state index < -0.39 is 0 Å². The van der Waals surface area contributed by atoms with Crippen LogP contribution < -0.4 is 0 Å². The van der Waals surface area contributed by atoms with Crippen LogP contribution in [0.15, 0.2) is 15.9 Å². The Labute approximate surface area is 71.2 Å². The standard InChI is InChI=1S/C7H3BrOS/c1-2-6(9)7-3-5(8)4-10-7/h1,3-4H. The van der Waals surface area contributed by atoms with Gasteiger partial charge >= 0.3 is 0 Å². The third-order valence-electron chi connectivity index (χ3n) is 0.922. The fourth-order valence-corrected chi connectivity index (χ4v) is 1.83. The molecule has 0 aliphatic heterocycles. The highest BCUT2D eigenvalue weighted by Crippen LogP contribution is 2.19. The van der Waals surface area contributed by atoms with Gasteiger partial charge in [-0.1, -0.05) is 0 Å². The van der Waals surface area contributed by atoms with Gasteiger partial charge < -0.3 is 0 Å². The lowest BCUT2D eigenvalue weighted by atomic mass is 10.3. The Hall–Kier alpha value is -0.590. The van der Waals surface area contributed by atoms with Gasteiger partial charge in [-0.05, 0) is 27.9 Å². The molecule has 1 rings (SSSR count). The number of thiophene rings is 1. The Kier molecular flexibility index (Phi) is 2.25. The summed E-state index contributed by atoms with van der Waals surface area (Å²) in [5.41, 5.74) is 0. The summed E-state index contributed by atoms with van der Waals surface area (Å²) in [5, 5.41) is 1.82. The number of halogens is 1. The minimum Gasteiger partial charge on any atom is -0.278 e. The first-order chi connectivity index (χ1) is 4.74. The highest BCUT2D eigenvalue weighted by molar-refractivity contribution is 9.10. The molecule has 1 aromatic heterocycles. The van der Waals surface area contributed by atoms with Crippen LogP contribution in [0, 0.1) is 12.3 Å². The average molecular weight is 215 g/mol. The molecule has 0 saturated carbocycles. The summed E-state index contributed by atoms with van der Waals surface area (Å²) in [6.45, 7) is 0. The summed E-state index contributed by atoms with van der Waals surface area (Å²) >= 11 is 4.56. The third kappa shape index (κ3) is 1.47. The van der Waals surface area contributed by atoms with Gasteiger partial charge in [-0.2, -0.15) is 0 Å². The SMILES string of the molecule is C#CC(=O)c1cc(Br)cs1. The van der Waals surface area contributed by atoms with E-state index in [9.17, 15) is 4.79 Å². The van der Waals surface area contributed by atoms with Crippen molar-refractivity contribution < 1.29 is 4.79 Å². The maximum absolute atomic E-state index is 10.8. The van der Waals surface area contributed by atoms with E-state index in [4.69, 9.17) is 6.42 Å².